The van der Waals surface area contributed by atoms with Gasteiger partial charge in [-0.25, -0.2) is 0 Å². The van der Waals surface area contributed by atoms with Gasteiger partial charge in [0.05, 0.1) is 25.8 Å². The maximum atomic E-state index is 13.3. The van der Waals surface area contributed by atoms with Gasteiger partial charge >= 0.3 is 0 Å². The summed E-state index contributed by atoms with van der Waals surface area (Å²) < 4.78 is 6.24. The Labute approximate surface area is 190 Å². The van der Waals surface area contributed by atoms with Crippen molar-refractivity contribution in [3.05, 3.63) is 75.8 Å². The highest BCUT2D eigenvalue weighted by molar-refractivity contribution is 9.10. The third-order valence-corrected chi connectivity index (χ3v) is 6.35. The zero-order valence-corrected chi connectivity index (χ0v) is 18.8. The molecule has 6 nitrogen and oxygen atoms in total. The summed E-state index contributed by atoms with van der Waals surface area (Å²) >= 11 is 3.47. The fourth-order valence-electron chi connectivity index (χ4n) is 4.28. The number of hydrogen-bond donors (Lipinski definition) is 1. The first kappa shape index (κ1) is 21.7. The van der Waals surface area contributed by atoms with E-state index >= 15 is 0 Å². The van der Waals surface area contributed by atoms with Crippen LogP contribution in [0.4, 0.5) is 0 Å². The van der Waals surface area contributed by atoms with E-state index in [4.69, 9.17) is 4.74 Å². The lowest BCUT2D eigenvalue weighted by Gasteiger charge is -2.29. The van der Waals surface area contributed by atoms with Crippen LogP contribution in [0.1, 0.15) is 23.6 Å². The van der Waals surface area contributed by atoms with Gasteiger partial charge in [0.15, 0.2) is 0 Å². The van der Waals surface area contributed by atoms with E-state index in [2.05, 4.69) is 15.9 Å². The Kier molecular flexibility index (Phi) is 6.85. The Morgan fingerprint density at radius 1 is 1.10 bits per heavy atom. The number of morpholine rings is 1. The highest BCUT2D eigenvalue weighted by Gasteiger charge is 2.44. The predicted octanol–water partition coefficient (Wildman–Crippen LogP) is 0.978. The summed E-state index contributed by atoms with van der Waals surface area (Å²) in [6.45, 7) is 4.73. The van der Waals surface area contributed by atoms with E-state index in [0.29, 0.717) is 12.1 Å². The van der Waals surface area contributed by atoms with Crippen LogP contribution < -0.4 is 10.0 Å². The molecule has 1 atom stereocenters. The SMILES string of the molecule is O=C1C(=O)N(CCC[NH+]2CCOCC2)C(c2cccc(Br)c2)/C1=C(\[O-])c1ccccc1. The smallest absolute Gasteiger partial charge is 0.295 e. The minimum Gasteiger partial charge on any atom is -0.872 e. The average molecular weight is 485 g/mol. The molecule has 0 radical (unpaired) electrons. The lowest BCUT2D eigenvalue weighted by Crippen LogP contribution is -3.14. The van der Waals surface area contributed by atoms with Crippen LogP contribution in [0.25, 0.3) is 5.76 Å². The van der Waals surface area contributed by atoms with Gasteiger partial charge in [-0.2, -0.15) is 0 Å². The summed E-state index contributed by atoms with van der Waals surface area (Å²) in [6.07, 6.45) is 0.756. The van der Waals surface area contributed by atoms with Crippen molar-refractivity contribution in [3.8, 4) is 0 Å². The third-order valence-electron chi connectivity index (χ3n) is 5.86. The van der Waals surface area contributed by atoms with E-state index in [1.807, 2.05) is 30.3 Å². The molecule has 0 spiro atoms. The largest absolute Gasteiger partial charge is 0.872 e. The Balaban J connectivity index is 1.66. The highest BCUT2D eigenvalue weighted by Crippen LogP contribution is 2.39. The zero-order chi connectivity index (χ0) is 21.8. The molecule has 0 saturated carbocycles. The quantitative estimate of drug-likeness (QED) is 0.376. The molecule has 0 aliphatic carbocycles. The van der Waals surface area contributed by atoms with Crippen LogP contribution >= 0.6 is 15.9 Å². The van der Waals surface area contributed by atoms with Crippen molar-refractivity contribution in [1.29, 1.82) is 0 Å². The van der Waals surface area contributed by atoms with Gasteiger partial charge in [-0.15, -0.1) is 0 Å². The molecule has 1 N–H and O–H groups in total. The Bertz CT molecular complexity index is 986. The number of ketones is 1. The van der Waals surface area contributed by atoms with Crippen molar-refractivity contribution in [1.82, 2.24) is 4.90 Å². The molecule has 0 bridgehead atoms. The summed E-state index contributed by atoms with van der Waals surface area (Å²) in [4.78, 5) is 29.0. The Morgan fingerprint density at radius 3 is 2.55 bits per heavy atom. The number of carbonyl (C=O) groups is 2. The number of nitrogens with one attached hydrogen (secondary N) is 1. The molecule has 162 valence electrons. The fraction of sp³-hybridized carbons (Fsp3) is 0.333. The first-order chi connectivity index (χ1) is 15.1. The van der Waals surface area contributed by atoms with Gasteiger partial charge < -0.3 is 19.6 Å². The van der Waals surface area contributed by atoms with Gasteiger partial charge in [-0.05, 0) is 23.3 Å². The van der Waals surface area contributed by atoms with Gasteiger partial charge in [-0.3, -0.25) is 9.59 Å². The van der Waals surface area contributed by atoms with E-state index in [0.717, 1.165) is 49.3 Å². The maximum absolute atomic E-state index is 13.3. The lowest BCUT2D eigenvalue weighted by atomic mass is 9.95. The molecule has 2 aromatic rings. The molecule has 2 saturated heterocycles. The lowest BCUT2D eigenvalue weighted by molar-refractivity contribution is -0.908. The minimum absolute atomic E-state index is 0.0352. The van der Waals surface area contributed by atoms with Crippen LogP contribution in [0.3, 0.4) is 0 Å². The number of Topliss-reactive ketones (excluding diaryl/α,β-unsaturated/α-hetero) is 1. The number of rotatable bonds is 6. The van der Waals surface area contributed by atoms with E-state index < -0.39 is 17.7 Å². The molecular formula is C24H25BrN2O4. The standard InChI is InChI=1S/C24H25BrN2O4/c25-19-9-4-8-18(16-19)21-20(22(28)17-6-2-1-3-7-17)23(29)24(30)27(21)11-5-10-26-12-14-31-15-13-26/h1-4,6-9,16,21,28H,5,10-15H2/b22-20+. The van der Waals surface area contributed by atoms with Gasteiger partial charge in [0.25, 0.3) is 5.91 Å². The average Bonchev–Trinajstić information content (AvgIpc) is 3.05. The molecule has 0 aromatic heterocycles. The zero-order valence-electron chi connectivity index (χ0n) is 17.2. The number of quaternary nitrogens is 1. The van der Waals surface area contributed by atoms with Crippen LogP contribution in [0, 0.1) is 0 Å². The second-order valence-electron chi connectivity index (χ2n) is 7.86. The van der Waals surface area contributed by atoms with Crippen molar-refractivity contribution < 1.29 is 24.3 Å². The summed E-state index contributed by atoms with van der Waals surface area (Å²) in [5.74, 6) is -1.68. The van der Waals surface area contributed by atoms with E-state index in [1.165, 1.54) is 4.90 Å². The number of amides is 1. The van der Waals surface area contributed by atoms with Crippen LogP contribution in [0.2, 0.25) is 0 Å². The second-order valence-corrected chi connectivity index (χ2v) is 8.78. The minimum atomic E-state index is -0.697. The summed E-state index contributed by atoms with van der Waals surface area (Å²) in [6, 6.07) is 15.5. The molecule has 2 fully saturated rings. The maximum Gasteiger partial charge on any atom is 0.295 e. The van der Waals surface area contributed by atoms with Crippen LogP contribution in [-0.2, 0) is 14.3 Å². The molecule has 1 amide bonds. The van der Waals surface area contributed by atoms with Crippen LogP contribution in [0.5, 0.6) is 0 Å². The Hall–Kier alpha value is -2.48. The highest BCUT2D eigenvalue weighted by atomic mass is 79.9. The topological polar surface area (TPSA) is 74.1 Å². The van der Waals surface area contributed by atoms with Gasteiger partial charge in [0.2, 0.25) is 5.78 Å². The number of carbonyl (C=O) groups excluding carboxylic acids is 2. The molecule has 2 heterocycles. The van der Waals surface area contributed by atoms with Crippen molar-refractivity contribution in [3.63, 3.8) is 0 Å². The van der Waals surface area contributed by atoms with Gasteiger partial charge in [-0.1, -0.05) is 64.2 Å². The molecule has 1 unspecified atom stereocenters. The monoisotopic (exact) mass is 484 g/mol. The fourth-order valence-corrected chi connectivity index (χ4v) is 4.70. The predicted molar refractivity (Wildman–Crippen MR) is 118 cm³/mol. The van der Waals surface area contributed by atoms with Crippen molar-refractivity contribution in [2.24, 2.45) is 0 Å². The first-order valence-electron chi connectivity index (χ1n) is 10.5. The number of ether oxygens (including phenoxy) is 1. The van der Waals surface area contributed by atoms with Gasteiger partial charge in [0, 0.05) is 23.0 Å². The molecule has 7 heteroatoms. The van der Waals surface area contributed by atoms with Crippen molar-refractivity contribution in [2.45, 2.75) is 12.5 Å². The number of halogens is 1. The van der Waals surface area contributed by atoms with E-state index in [9.17, 15) is 14.7 Å². The first-order valence-corrected chi connectivity index (χ1v) is 11.3. The molecule has 2 aliphatic heterocycles. The second kappa shape index (κ2) is 9.77. The van der Waals surface area contributed by atoms with Crippen molar-refractivity contribution >= 4 is 33.4 Å². The molecular weight excluding hydrogens is 460 g/mol. The van der Waals surface area contributed by atoms with E-state index in [-0.39, 0.29) is 11.3 Å². The number of likely N-dealkylation sites (tertiary alicyclic amines) is 1. The molecule has 2 aromatic carbocycles. The molecule has 4 rings (SSSR count). The third kappa shape index (κ3) is 4.74. The summed E-state index contributed by atoms with van der Waals surface area (Å²) in [5, 5.41) is 13.3. The van der Waals surface area contributed by atoms with Crippen LogP contribution in [0.15, 0.2) is 64.6 Å². The molecule has 2 aliphatic rings. The number of hydrogen-bond acceptors (Lipinski definition) is 4. The number of nitrogens with zero attached hydrogens (tertiary/aromatic N) is 1. The molecule has 31 heavy (non-hydrogen) atoms. The summed E-state index contributed by atoms with van der Waals surface area (Å²) in [7, 11) is 0. The normalized spacial score (nSPS) is 21.6. The summed E-state index contributed by atoms with van der Waals surface area (Å²) in [5.41, 5.74) is 1.21. The van der Waals surface area contributed by atoms with Gasteiger partial charge in [0.1, 0.15) is 13.1 Å². The van der Waals surface area contributed by atoms with Crippen molar-refractivity contribution in [2.75, 3.05) is 39.4 Å². The van der Waals surface area contributed by atoms with E-state index in [1.54, 1.807) is 29.2 Å². The number of benzene rings is 2. The van der Waals surface area contributed by atoms with Crippen LogP contribution in [-0.4, -0.2) is 56.0 Å². The Morgan fingerprint density at radius 2 is 1.84 bits per heavy atom.